The molecule has 0 aromatic heterocycles. The summed E-state index contributed by atoms with van der Waals surface area (Å²) < 4.78 is 25.8. The van der Waals surface area contributed by atoms with Crippen LogP contribution in [-0.4, -0.2) is 0 Å². The average Bonchev–Trinajstić information content (AvgIpc) is 2.23. The van der Waals surface area contributed by atoms with Crippen molar-refractivity contribution in [2.45, 2.75) is 31.6 Å². The van der Waals surface area contributed by atoms with Gasteiger partial charge in [0.1, 0.15) is 0 Å². The minimum absolute atomic E-state index is 0.366. The third-order valence-electron chi connectivity index (χ3n) is 3.11. The predicted octanol–water partition coefficient (Wildman–Crippen LogP) is 4.18. The standard InChI is InChI=1S/C13H14F2/c1-9-2-4-10(5-3-9)11-6-7-12(14)13(15)8-11/h6-8,10H,1-5H2. The van der Waals surface area contributed by atoms with Crippen LogP contribution in [0.2, 0.25) is 0 Å². The Balaban J connectivity index is 2.16. The van der Waals surface area contributed by atoms with Gasteiger partial charge in [0.05, 0.1) is 0 Å². The van der Waals surface area contributed by atoms with Gasteiger partial charge in [0, 0.05) is 0 Å². The van der Waals surface area contributed by atoms with Gasteiger partial charge in [0.2, 0.25) is 0 Å². The summed E-state index contributed by atoms with van der Waals surface area (Å²) in [5.74, 6) is -1.14. The topological polar surface area (TPSA) is 0 Å². The molecule has 0 heterocycles. The molecule has 1 saturated carbocycles. The van der Waals surface area contributed by atoms with E-state index in [1.54, 1.807) is 6.07 Å². The summed E-state index contributed by atoms with van der Waals surface area (Å²) in [6.07, 6.45) is 4.02. The Kier molecular flexibility index (Phi) is 2.85. The number of hydrogen-bond donors (Lipinski definition) is 0. The maximum absolute atomic E-state index is 13.0. The van der Waals surface area contributed by atoms with E-state index in [1.165, 1.54) is 17.7 Å². The number of benzene rings is 1. The summed E-state index contributed by atoms with van der Waals surface area (Å²) in [6.45, 7) is 3.94. The Hall–Kier alpha value is -1.18. The van der Waals surface area contributed by atoms with Crippen molar-refractivity contribution in [2.75, 3.05) is 0 Å². The highest BCUT2D eigenvalue weighted by atomic mass is 19.2. The molecule has 1 fully saturated rings. The molecule has 2 rings (SSSR count). The highest BCUT2D eigenvalue weighted by Gasteiger charge is 2.18. The number of halogens is 2. The van der Waals surface area contributed by atoms with E-state index >= 15 is 0 Å². The number of hydrogen-bond acceptors (Lipinski definition) is 0. The molecule has 80 valence electrons. The second-order valence-electron chi connectivity index (χ2n) is 4.20. The van der Waals surface area contributed by atoms with E-state index in [9.17, 15) is 8.78 Å². The Bertz CT molecular complexity index is 372. The van der Waals surface area contributed by atoms with Crippen LogP contribution in [0.5, 0.6) is 0 Å². The van der Waals surface area contributed by atoms with Gasteiger partial charge in [-0.15, -0.1) is 0 Å². The van der Waals surface area contributed by atoms with Crippen LogP contribution < -0.4 is 0 Å². The van der Waals surface area contributed by atoms with E-state index in [1.807, 2.05) is 0 Å². The molecule has 1 aliphatic rings. The first kappa shape index (κ1) is 10.3. The zero-order chi connectivity index (χ0) is 10.8. The molecule has 15 heavy (non-hydrogen) atoms. The summed E-state index contributed by atoms with van der Waals surface area (Å²) in [4.78, 5) is 0. The first-order valence-corrected chi connectivity index (χ1v) is 5.28. The molecule has 1 aromatic rings. The Morgan fingerprint density at radius 2 is 1.73 bits per heavy atom. The van der Waals surface area contributed by atoms with Crippen LogP contribution in [0.4, 0.5) is 8.78 Å². The van der Waals surface area contributed by atoms with Crippen molar-refractivity contribution in [1.82, 2.24) is 0 Å². The lowest BCUT2D eigenvalue weighted by atomic mass is 9.82. The van der Waals surface area contributed by atoms with Gasteiger partial charge in [0.15, 0.2) is 11.6 Å². The van der Waals surface area contributed by atoms with Gasteiger partial charge in [-0.1, -0.05) is 18.2 Å². The first-order chi connectivity index (χ1) is 7.16. The molecule has 2 heteroatoms. The molecule has 1 aliphatic carbocycles. The van der Waals surface area contributed by atoms with Crippen molar-refractivity contribution in [3.8, 4) is 0 Å². The molecule has 0 radical (unpaired) electrons. The quantitative estimate of drug-likeness (QED) is 0.607. The minimum atomic E-state index is -0.765. The molecule has 0 spiro atoms. The van der Waals surface area contributed by atoms with Crippen LogP contribution in [-0.2, 0) is 0 Å². The van der Waals surface area contributed by atoms with Gasteiger partial charge in [-0.25, -0.2) is 8.78 Å². The molecule has 0 nitrogen and oxygen atoms in total. The Labute approximate surface area is 88.6 Å². The second kappa shape index (κ2) is 4.13. The van der Waals surface area contributed by atoms with Crippen LogP contribution in [0.25, 0.3) is 0 Å². The molecule has 0 atom stereocenters. The highest BCUT2D eigenvalue weighted by molar-refractivity contribution is 5.23. The maximum atomic E-state index is 13.0. The third-order valence-corrected chi connectivity index (χ3v) is 3.11. The highest BCUT2D eigenvalue weighted by Crippen LogP contribution is 2.34. The average molecular weight is 208 g/mol. The fourth-order valence-electron chi connectivity index (χ4n) is 2.13. The third kappa shape index (κ3) is 2.25. The largest absolute Gasteiger partial charge is 0.204 e. The van der Waals surface area contributed by atoms with Gasteiger partial charge in [-0.05, 0) is 49.3 Å². The molecular formula is C13H14F2. The van der Waals surface area contributed by atoms with E-state index in [-0.39, 0.29) is 0 Å². The SMILES string of the molecule is C=C1CCC(c2ccc(F)c(F)c2)CC1. The molecule has 0 saturated heterocycles. The molecule has 0 aliphatic heterocycles. The summed E-state index contributed by atoms with van der Waals surface area (Å²) in [5, 5.41) is 0. The lowest BCUT2D eigenvalue weighted by Crippen LogP contribution is -2.06. The second-order valence-corrected chi connectivity index (χ2v) is 4.20. The van der Waals surface area contributed by atoms with Crippen LogP contribution in [0.15, 0.2) is 30.4 Å². The van der Waals surface area contributed by atoms with Gasteiger partial charge in [-0.2, -0.15) is 0 Å². The zero-order valence-electron chi connectivity index (χ0n) is 8.60. The number of rotatable bonds is 1. The van der Waals surface area contributed by atoms with Gasteiger partial charge >= 0.3 is 0 Å². The van der Waals surface area contributed by atoms with Gasteiger partial charge in [-0.3, -0.25) is 0 Å². The fourth-order valence-corrected chi connectivity index (χ4v) is 2.13. The van der Waals surface area contributed by atoms with Crippen molar-refractivity contribution in [3.63, 3.8) is 0 Å². The van der Waals surface area contributed by atoms with E-state index in [2.05, 4.69) is 6.58 Å². The van der Waals surface area contributed by atoms with Crippen molar-refractivity contribution in [3.05, 3.63) is 47.5 Å². The summed E-state index contributed by atoms with van der Waals surface area (Å²) in [5.41, 5.74) is 2.19. The molecule has 0 bridgehead atoms. The van der Waals surface area contributed by atoms with E-state index in [4.69, 9.17) is 0 Å². The molecular weight excluding hydrogens is 194 g/mol. The van der Waals surface area contributed by atoms with Crippen molar-refractivity contribution < 1.29 is 8.78 Å². The van der Waals surface area contributed by atoms with Crippen molar-refractivity contribution >= 4 is 0 Å². The van der Waals surface area contributed by atoms with Crippen LogP contribution in [0.3, 0.4) is 0 Å². The maximum Gasteiger partial charge on any atom is 0.159 e. The Morgan fingerprint density at radius 3 is 2.33 bits per heavy atom. The van der Waals surface area contributed by atoms with E-state index in [0.717, 1.165) is 31.2 Å². The summed E-state index contributed by atoms with van der Waals surface area (Å²) in [6, 6.07) is 4.24. The van der Waals surface area contributed by atoms with Crippen molar-refractivity contribution in [1.29, 1.82) is 0 Å². The summed E-state index contributed by atoms with van der Waals surface area (Å²) in [7, 11) is 0. The predicted molar refractivity (Wildman–Crippen MR) is 56.7 cm³/mol. The Morgan fingerprint density at radius 1 is 1.07 bits per heavy atom. The normalized spacial score (nSPS) is 18.1. The van der Waals surface area contributed by atoms with Crippen LogP contribution in [0.1, 0.15) is 37.2 Å². The zero-order valence-corrected chi connectivity index (χ0v) is 8.60. The molecule has 0 amide bonds. The lowest BCUT2D eigenvalue weighted by Gasteiger charge is -2.23. The monoisotopic (exact) mass is 208 g/mol. The lowest BCUT2D eigenvalue weighted by molar-refractivity contribution is 0.490. The van der Waals surface area contributed by atoms with Crippen LogP contribution in [0, 0.1) is 11.6 Å². The van der Waals surface area contributed by atoms with E-state index in [0.29, 0.717) is 5.92 Å². The fraction of sp³-hybridized carbons (Fsp3) is 0.385. The van der Waals surface area contributed by atoms with Gasteiger partial charge < -0.3 is 0 Å². The first-order valence-electron chi connectivity index (χ1n) is 5.28. The molecule has 0 N–H and O–H groups in total. The van der Waals surface area contributed by atoms with E-state index < -0.39 is 11.6 Å². The van der Waals surface area contributed by atoms with Gasteiger partial charge in [0.25, 0.3) is 0 Å². The number of allylic oxidation sites excluding steroid dienone is 1. The summed E-state index contributed by atoms with van der Waals surface area (Å²) >= 11 is 0. The van der Waals surface area contributed by atoms with Crippen LogP contribution >= 0.6 is 0 Å². The smallest absolute Gasteiger partial charge is 0.159 e. The molecule has 1 aromatic carbocycles. The van der Waals surface area contributed by atoms with Crippen molar-refractivity contribution in [2.24, 2.45) is 0 Å². The molecule has 0 unspecified atom stereocenters. The minimum Gasteiger partial charge on any atom is -0.204 e.